The molecule has 6 nitrogen and oxygen atoms in total. The van der Waals surface area contributed by atoms with E-state index >= 15 is 0 Å². The fourth-order valence-corrected chi connectivity index (χ4v) is 4.14. The Morgan fingerprint density at radius 1 is 1.07 bits per heavy atom. The number of carbonyl (C=O) groups excluding carboxylic acids is 1. The van der Waals surface area contributed by atoms with E-state index in [1.807, 2.05) is 20.8 Å². The van der Waals surface area contributed by atoms with Crippen LogP contribution >= 0.6 is 12.2 Å². The standard InChI is InChI=1S/C23H35N5OS/c1-18(2)19-8-6-7-9-20(19)28-15-14-27(22(28)30)17-26-12-10-25(11-13-26)16-21(29)24-23(3,4)5/h6-9,14-15,18H,10-13,16-17H2,1-5H3,(H,24,29). The molecule has 0 bridgehead atoms. The van der Waals surface area contributed by atoms with Crippen LogP contribution in [0.5, 0.6) is 0 Å². The highest BCUT2D eigenvalue weighted by molar-refractivity contribution is 7.71. The largest absolute Gasteiger partial charge is 0.350 e. The van der Waals surface area contributed by atoms with Crippen LogP contribution in [0.3, 0.4) is 0 Å². The van der Waals surface area contributed by atoms with Crippen LogP contribution in [-0.4, -0.2) is 63.1 Å². The Bertz CT molecular complexity index is 916. The highest BCUT2D eigenvalue weighted by Crippen LogP contribution is 2.23. The van der Waals surface area contributed by atoms with Crippen molar-refractivity contribution >= 4 is 18.1 Å². The molecule has 1 aromatic carbocycles. The third-order valence-corrected chi connectivity index (χ3v) is 5.80. The van der Waals surface area contributed by atoms with E-state index in [1.54, 1.807) is 0 Å². The van der Waals surface area contributed by atoms with Crippen molar-refractivity contribution in [1.29, 1.82) is 0 Å². The number of nitrogens with zero attached hydrogens (tertiary/aromatic N) is 4. The lowest BCUT2D eigenvalue weighted by Gasteiger charge is -2.34. The first-order chi connectivity index (χ1) is 14.1. The topological polar surface area (TPSA) is 45.4 Å². The average molecular weight is 430 g/mol. The Kier molecular flexibility index (Phi) is 7.16. The van der Waals surface area contributed by atoms with Gasteiger partial charge in [0.15, 0.2) is 4.77 Å². The number of imidazole rings is 1. The van der Waals surface area contributed by atoms with E-state index in [1.165, 1.54) is 5.56 Å². The number of benzene rings is 1. The number of aromatic nitrogens is 2. The molecule has 1 fully saturated rings. The molecule has 0 atom stereocenters. The molecule has 1 N–H and O–H groups in total. The second-order valence-corrected chi connectivity index (χ2v) is 9.83. The first-order valence-electron chi connectivity index (χ1n) is 10.8. The van der Waals surface area contributed by atoms with Crippen molar-refractivity contribution in [2.75, 3.05) is 32.7 Å². The number of hydrogen-bond acceptors (Lipinski definition) is 4. The summed E-state index contributed by atoms with van der Waals surface area (Å²) >= 11 is 5.79. The summed E-state index contributed by atoms with van der Waals surface area (Å²) in [4.78, 5) is 16.8. The molecule has 1 aliphatic rings. The van der Waals surface area contributed by atoms with Gasteiger partial charge in [0.25, 0.3) is 0 Å². The molecule has 0 aliphatic carbocycles. The second-order valence-electron chi connectivity index (χ2n) is 9.47. The summed E-state index contributed by atoms with van der Waals surface area (Å²) in [6, 6.07) is 8.46. The lowest BCUT2D eigenvalue weighted by Crippen LogP contribution is -2.51. The number of carbonyl (C=O) groups is 1. The van der Waals surface area contributed by atoms with Crippen LogP contribution in [0.1, 0.15) is 46.1 Å². The minimum absolute atomic E-state index is 0.0964. The molecule has 2 heterocycles. The first-order valence-corrected chi connectivity index (χ1v) is 11.2. The average Bonchev–Trinajstić information content (AvgIpc) is 3.02. The second kappa shape index (κ2) is 9.45. The Balaban J connectivity index is 1.59. The zero-order valence-corrected chi connectivity index (χ0v) is 19.7. The molecule has 164 valence electrons. The van der Waals surface area contributed by atoms with Crippen molar-refractivity contribution in [3.05, 3.63) is 47.0 Å². The van der Waals surface area contributed by atoms with Crippen molar-refractivity contribution in [1.82, 2.24) is 24.3 Å². The zero-order chi connectivity index (χ0) is 21.9. The Labute approximate surface area is 185 Å². The van der Waals surface area contributed by atoms with Gasteiger partial charge in [-0.1, -0.05) is 32.0 Å². The third kappa shape index (κ3) is 5.80. The maximum atomic E-state index is 12.2. The molecular formula is C23H35N5OS. The molecule has 1 amide bonds. The molecule has 0 unspecified atom stereocenters. The highest BCUT2D eigenvalue weighted by Gasteiger charge is 2.21. The molecule has 30 heavy (non-hydrogen) atoms. The monoisotopic (exact) mass is 429 g/mol. The summed E-state index contributed by atoms with van der Waals surface area (Å²) < 4.78 is 5.06. The molecule has 0 radical (unpaired) electrons. The summed E-state index contributed by atoms with van der Waals surface area (Å²) in [7, 11) is 0. The van der Waals surface area contributed by atoms with Crippen LogP contribution in [0, 0.1) is 4.77 Å². The summed E-state index contributed by atoms with van der Waals surface area (Å²) in [5, 5.41) is 3.04. The summed E-state index contributed by atoms with van der Waals surface area (Å²) in [5.74, 6) is 0.536. The predicted molar refractivity (Wildman–Crippen MR) is 125 cm³/mol. The normalized spacial score (nSPS) is 16.2. The van der Waals surface area contributed by atoms with Crippen LogP contribution in [0.25, 0.3) is 5.69 Å². The Hall–Kier alpha value is -1.96. The number of nitrogens with one attached hydrogen (secondary N) is 1. The van der Waals surface area contributed by atoms with E-state index in [4.69, 9.17) is 12.2 Å². The van der Waals surface area contributed by atoms with Gasteiger partial charge < -0.3 is 9.88 Å². The van der Waals surface area contributed by atoms with Crippen molar-refractivity contribution < 1.29 is 4.79 Å². The van der Waals surface area contributed by atoms with Gasteiger partial charge in [-0.05, 0) is 50.5 Å². The Morgan fingerprint density at radius 2 is 1.70 bits per heavy atom. The van der Waals surface area contributed by atoms with E-state index in [2.05, 4.69) is 74.8 Å². The number of amides is 1. The van der Waals surface area contributed by atoms with Gasteiger partial charge in [-0.15, -0.1) is 0 Å². The fourth-order valence-electron chi connectivity index (χ4n) is 3.86. The minimum Gasteiger partial charge on any atom is -0.350 e. The molecule has 0 spiro atoms. The smallest absolute Gasteiger partial charge is 0.234 e. The van der Waals surface area contributed by atoms with E-state index in [-0.39, 0.29) is 11.4 Å². The molecule has 1 saturated heterocycles. The zero-order valence-electron chi connectivity index (χ0n) is 18.9. The molecule has 7 heteroatoms. The lowest BCUT2D eigenvalue weighted by atomic mass is 10.0. The van der Waals surface area contributed by atoms with Crippen molar-refractivity contribution in [2.24, 2.45) is 0 Å². The molecule has 2 aromatic rings. The van der Waals surface area contributed by atoms with Gasteiger partial charge >= 0.3 is 0 Å². The maximum Gasteiger partial charge on any atom is 0.234 e. The van der Waals surface area contributed by atoms with Crippen LogP contribution in [0.15, 0.2) is 36.7 Å². The summed E-state index contributed by atoms with van der Waals surface area (Å²) in [5.41, 5.74) is 2.27. The van der Waals surface area contributed by atoms with E-state index in [0.717, 1.165) is 43.3 Å². The van der Waals surface area contributed by atoms with Crippen molar-refractivity contribution in [3.8, 4) is 5.69 Å². The fraction of sp³-hybridized carbons (Fsp3) is 0.565. The number of piperazine rings is 1. The van der Waals surface area contributed by atoms with Gasteiger partial charge in [-0.3, -0.25) is 19.2 Å². The van der Waals surface area contributed by atoms with Gasteiger partial charge in [-0.25, -0.2) is 0 Å². The van der Waals surface area contributed by atoms with E-state index in [9.17, 15) is 4.79 Å². The van der Waals surface area contributed by atoms with Crippen LogP contribution < -0.4 is 5.32 Å². The molecule has 1 aromatic heterocycles. The van der Waals surface area contributed by atoms with Gasteiger partial charge in [0.1, 0.15) is 0 Å². The van der Waals surface area contributed by atoms with Crippen molar-refractivity contribution in [2.45, 2.75) is 52.7 Å². The van der Waals surface area contributed by atoms with Gasteiger partial charge in [0, 0.05) is 44.1 Å². The SMILES string of the molecule is CC(C)c1ccccc1-n1ccn(CN2CCN(CC(=O)NC(C)(C)C)CC2)c1=S. The molecule has 0 saturated carbocycles. The van der Waals surface area contributed by atoms with Gasteiger partial charge in [-0.2, -0.15) is 0 Å². The first kappa shape index (κ1) is 22.7. The number of para-hydroxylation sites is 1. The van der Waals surface area contributed by atoms with Crippen LogP contribution in [0.4, 0.5) is 0 Å². The summed E-state index contributed by atoms with van der Waals surface area (Å²) in [6.45, 7) is 15.3. The number of rotatable bonds is 6. The predicted octanol–water partition coefficient (Wildman–Crippen LogP) is 3.62. The maximum absolute atomic E-state index is 12.2. The van der Waals surface area contributed by atoms with E-state index in [0.29, 0.717) is 12.5 Å². The van der Waals surface area contributed by atoms with Crippen molar-refractivity contribution in [3.63, 3.8) is 0 Å². The number of hydrogen-bond donors (Lipinski definition) is 1. The van der Waals surface area contributed by atoms with Crippen LogP contribution in [-0.2, 0) is 11.5 Å². The van der Waals surface area contributed by atoms with E-state index < -0.39 is 0 Å². The summed E-state index contributed by atoms with van der Waals surface area (Å²) in [6.07, 6.45) is 4.14. The highest BCUT2D eigenvalue weighted by atomic mass is 32.1. The van der Waals surface area contributed by atoms with Crippen LogP contribution in [0.2, 0.25) is 0 Å². The van der Waals surface area contributed by atoms with Gasteiger partial charge in [0.2, 0.25) is 5.91 Å². The quantitative estimate of drug-likeness (QED) is 0.713. The molecule has 1 aliphatic heterocycles. The Morgan fingerprint density at radius 3 is 2.33 bits per heavy atom. The lowest BCUT2D eigenvalue weighted by molar-refractivity contribution is -0.124. The third-order valence-electron chi connectivity index (χ3n) is 5.36. The van der Waals surface area contributed by atoms with Gasteiger partial charge in [0.05, 0.1) is 18.9 Å². The minimum atomic E-state index is -0.184. The molecule has 3 rings (SSSR count). The molecular weight excluding hydrogens is 394 g/mol.